The van der Waals surface area contributed by atoms with Crippen LogP contribution in [-0.4, -0.2) is 23.1 Å². The van der Waals surface area contributed by atoms with E-state index < -0.39 is 0 Å². The lowest BCUT2D eigenvalue weighted by Crippen LogP contribution is -2.36. The molecule has 0 N–H and O–H groups in total. The Bertz CT molecular complexity index is 735. The fourth-order valence-electron chi connectivity index (χ4n) is 2.85. The molecule has 0 saturated carbocycles. The SMILES string of the molecule is O=C(CCSCc1ccc(Cl)c(Cl)c1)N1CCc2ccccc2C1. The van der Waals surface area contributed by atoms with Gasteiger partial charge in [0.25, 0.3) is 0 Å². The smallest absolute Gasteiger partial charge is 0.223 e. The van der Waals surface area contributed by atoms with Crippen LogP contribution in [-0.2, 0) is 23.5 Å². The Morgan fingerprint density at radius 1 is 1.08 bits per heavy atom. The molecular formula is C19H19Cl2NOS. The molecule has 0 saturated heterocycles. The summed E-state index contributed by atoms with van der Waals surface area (Å²) in [6.07, 6.45) is 1.53. The minimum Gasteiger partial charge on any atom is -0.338 e. The molecule has 0 aliphatic carbocycles. The highest BCUT2D eigenvalue weighted by Crippen LogP contribution is 2.25. The number of hydrogen-bond donors (Lipinski definition) is 0. The molecule has 1 aliphatic heterocycles. The van der Waals surface area contributed by atoms with Crippen molar-refractivity contribution in [2.24, 2.45) is 0 Å². The summed E-state index contributed by atoms with van der Waals surface area (Å²) in [6.45, 7) is 1.57. The number of carbonyl (C=O) groups excluding carboxylic acids is 1. The first kappa shape index (κ1) is 17.7. The molecule has 2 aromatic rings. The second-order valence-electron chi connectivity index (χ2n) is 5.89. The van der Waals surface area contributed by atoms with Crippen LogP contribution >= 0.6 is 35.0 Å². The van der Waals surface area contributed by atoms with Gasteiger partial charge in [0.05, 0.1) is 10.0 Å². The summed E-state index contributed by atoms with van der Waals surface area (Å²) in [5.41, 5.74) is 3.78. The van der Waals surface area contributed by atoms with E-state index in [0.717, 1.165) is 36.6 Å². The Hall–Kier alpha value is -1.16. The Balaban J connectivity index is 1.44. The molecule has 0 aromatic heterocycles. The molecule has 3 rings (SSSR count). The molecule has 1 heterocycles. The number of amides is 1. The van der Waals surface area contributed by atoms with Gasteiger partial charge in [0.2, 0.25) is 5.91 Å². The Labute approximate surface area is 157 Å². The van der Waals surface area contributed by atoms with Gasteiger partial charge in [-0.25, -0.2) is 0 Å². The zero-order valence-corrected chi connectivity index (χ0v) is 15.6. The van der Waals surface area contributed by atoms with Crippen LogP contribution in [0.5, 0.6) is 0 Å². The average Bonchev–Trinajstić information content (AvgIpc) is 2.61. The van der Waals surface area contributed by atoms with Gasteiger partial charge in [0.15, 0.2) is 0 Å². The molecule has 0 bridgehead atoms. The van der Waals surface area contributed by atoms with E-state index in [4.69, 9.17) is 23.2 Å². The number of benzene rings is 2. The molecular weight excluding hydrogens is 361 g/mol. The van der Waals surface area contributed by atoms with Gasteiger partial charge in [-0.1, -0.05) is 53.5 Å². The molecule has 1 aliphatic rings. The van der Waals surface area contributed by atoms with Gasteiger partial charge in [-0.15, -0.1) is 0 Å². The van der Waals surface area contributed by atoms with Gasteiger partial charge in [0, 0.05) is 31.0 Å². The van der Waals surface area contributed by atoms with E-state index in [2.05, 4.69) is 18.2 Å². The summed E-state index contributed by atoms with van der Waals surface area (Å²) >= 11 is 13.7. The lowest BCUT2D eigenvalue weighted by Gasteiger charge is -2.28. The highest BCUT2D eigenvalue weighted by molar-refractivity contribution is 7.98. The number of halogens is 2. The molecule has 0 spiro atoms. The first-order valence-electron chi connectivity index (χ1n) is 8.00. The molecule has 0 radical (unpaired) electrons. The van der Waals surface area contributed by atoms with Crippen molar-refractivity contribution < 1.29 is 4.79 Å². The maximum Gasteiger partial charge on any atom is 0.223 e. The van der Waals surface area contributed by atoms with E-state index in [0.29, 0.717) is 16.5 Å². The molecule has 5 heteroatoms. The Morgan fingerprint density at radius 3 is 2.67 bits per heavy atom. The summed E-state index contributed by atoms with van der Waals surface area (Å²) in [4.78, 5) is 14.4. The van der Waals surface area contributed by atoms with E-state index in [1.54, 1.807) is 11.8 Å². The topological polar surface area (TPSA) is 20.3 Å². The zero-order chi connectivity index (χ0) is 16.9. The number of thioether (sulfide) groups is 1. The molecule has 126 valence electrons. The van der Waals surface area contributed by atoms with Gasteiger partial charge < -0.3 is 4.90 Å². The summed E-state index contributed by atoms with van der Waals surface area (Å²) in [5.74, 6) is 1.90. The van der Waals surface area contributed by atoms with E-state index >= 15 is 0 Å². The number of nitrogens with zero attached hydrogens (tertiary/aromatic N) is 1. The van der Waals surface area contributed by atoms with Crippen molar-refractivity contribution in [3.8, 4) is 0 Å². The highest BCUT2D eigenvalue weighted by Gasteiger charge is 2.19. The van der Waals surface area contributed by atoms with Crippen LogP contribution in [0.1, 0.15) is 23.1 Å². The summed E-state index contributed by atoms with van der Waals surface area (Å²) < 4.78 is 0. The van der Waals surface area contributed by atoms with Crippen molar-refractivity contribution in [2.45, 2.75) is 25.1 Å². The van der Waals surface area contributed by atoms with Crippen LogP contribution in [0.3, 0.4) is 0 Å². The molecule has 0 fully saturated rings. The Kier molecular flexibility index (Phi) is 6.09. The fraction of sp³-hybridized carbons (Fsp3) is 0.316. The van der Waals surface area contributed by atoms with Crippen LogP contribution in [0.25, 0.3) is 0 Å². The van der Waals surface area contributed by atoms with Crippen LogP contribution in [0.15, 0.2) is 42.5 Å². The molecule has 2 aromatic carbocycles. The predicted molar refractivity (Wildman–Crippen MR) is 103 cm³/mol. The van der Waals surface area contributed by atoms with Crippen molar-refractivity contribution >= 4 is 40.9 Å². The van der Waals surface area contributed by atoms with E-state index in [1.807, 2.05) is 29.2 Å². The van der Waals surface area contributed by atoms with Crippen molar-refractivity contribution in [3.05, 3.63) is 69.2 Å². The maximum absolute atomic E-state index is 12.4. The normalized spacial score (nSPS) is 13.7. The van der Waals surface area contributed by atoms with E-state index in [9.17, 15) is 4.79 Å². The average molecular weight is 380 g/mol. The largest absolute Gasteiger partial charge is 0.338 e. The molecule has 0 atom stereocenters. The van der Waals surface area contributed by atoms with Crippen molar-refractivity contribution in [2.75, 3.05) is 12.3 Å². The second kappa shape index (κ2) is 8.28. The van der Waals surface area contributed by atoms with Crippen LogP contribution in [0.4, 0.5) is 0 Å². The first-order valence-corrected chi connectivity index (χ1v) is 9.91. The van der Waals surface area contributed by atoms with Gasteiger partial charge in [-0.2, -0.15) is 11.8 Å². The first-order chi connectivity index (χ1) is 11.6. The number of fused-ring (bicyclic) bond motifs is 1. The van der Waals surface area contributed by atoms with Gasteiger partial charge in [-0.05, 0) is 35.2 Å². The summed E-state index contributed by atoms with van der Waals surface area (Å²) in [5, 5.41) is 1.16. The zero-order valence-electron chi connectivity index (χ0n) is 13.3. The molecule has 24 heavy (non-hydrogen) atoms. The third-order valence-electron chi connectivity index (χ3n) is 4.20. The molecule has 2 nitrogen and oxygen atoms in total. The number of rotatable bonds is 5. The minimum atomic E-state index is 0.242. The predicted octanol–water partition coefficient (Wildman–Crippen LogP) is 5.20. The third kappa shape index (κ3) is 4.47. The maximum atomic E-state index is 12.4. The van der Waals surface area contributed by atoms with Crippen LogP contribution in [0.2, 0.25) is 10.0 Å². The number of hydrogen-bond acceptors (Lipinski definition) is 2. The van der Waals surface area contributed by atoms with Crippen molar-refractivity contribution in [3.63, 3.8) is 0 Å². The van der Waals surface area contributed by atoms with E-state index in [1.165, 1.54) is 11.1 Å². The van der Waals surface area contributed by atoms with Crippen molar-refractivity contribution in [1.29, 1.82) is 0 Å². The van der Waals surface area contributed by atoms with E-state index in [-0.39, 0.29) is 5.91 Å². The lowest BCUT2D eigenvalue weighted by molar-refractivity contribution is -0.131. The second-order valence-corrected chi connectivity index (χ2v) is 7.80. The van der Waals surface area contributed by atoms with Gasteiger partial charge in [0.1, 0.15) is 0 Å². The molecule has 1 amide bonds. The molecule has 0 unspecified atom stereocenters. The monoisotopic (exact) mass is 379 g/mol. The van der Waals surface area contributed by atoms with Crippen molar-refractivity contribution in [1.82, 2.24) is 4.90 Å². The van der Waals surface area contributed by atoms with Gasteiger partial charge >= 0.3 is 0 Å². The summed E-state index contributed by atoms with van der Waals surface area (Å²) in [7, 11) is 0. The standard InChI is InChI=1S/C19H19Cl2NOS/c20-17-6-5-14(11-18(17)21)13-24-10-8-19(23)22-9-7-15-3-1-2-4-16(15)12-22/h1-6,11H,7-10,12-13H2. The summed E-state index contributed by atoms with van der Waals surface area (Å²) in [6, 6.07) is 14.1. The van der Waals surface area contributed by atoms with Crippen LogP contribution in [0, 0.1) is 0 Å². The fourth-order valence-corrected chi connectivity index (χ4v) is 4.04. The van der Waals surface area contributed by atoms with Gasteiger partial charge in [-0.3, -0.25) is 4.79 Å². The Morgan fingerprint density at radius 2 is 1.88 bits per heavy atom. The van der Waals surface area contributed by atoms with Crippen LogP contribution < -0.4 is 0 Å². The number of carbonyl (C=O) groups is 1. The lowest BCUT2D eigenvalue weighted by atomic mass is 10.00. The highest BCUT2D eigenvalue weighted by atomic mass is 35.5. The third-order valence-corrected chi connectivity index (χ3v) is 5.97. The minimum absolute atomic E-state index is 0.242. The quantitative estimate of drug-likeness (QED) is 0.665.